The highest BCUT2D eigenvalue weighted by molar-refractivity contribution is 6.08. The molecular formula is C25H30N4O5. The second kappa shape index (κ2) is 8.48. The molecule has 2 aromatic heterocycles. The predicted molar refractivity (Wildman–Crippen MR) is 128 cm³/mol. The van der Waals surface area contributed by atoms with Gasteiger partial charge in [-0.05, 0) is 32.0 Å². The Bertz CT molecular complexity index is 1250. The van der Waals surface area contributed by atoms with E-state index in [9.17, 15) is 19.8 Å². The van der Waals surface area contributed by atoms with Gasteiger partial charge in [0.1, 0.15) is 11.3 Å². The molecule has 34 heavy (non-hydrogen) atoms. The first-order valence-corrected chi connectivity index (χ1v) is 11.2. The maximum atomic E-state index is 13.1. The molecule has 9 nitrogen and oxygen atoms in total. The van der Waals surface area contributed by atoms with Crippen molar-refractivity contribution in [2.75, 3.05) is 24.7 Å². The van der Waals surface area contributed by atoms with Gasteiger partial charge in [-0.2, -0.15) is 0 Å². The number of H-pyrrole nitrogens is 1. The molecule has 9 heteroatoms. The Labute approximate surface area is 197 Å². The number of hydrogen-bond donors (Lipinski definition) is 3. The molecule has 0 radical (unpaired) electrons. The smallest absolute Gasteiger partial charge is 0.270 e. The van der Waals surface area contributed by atoms with E-state index in [4.69, 9.17) is 9.72 Å². The summed E-state index contributed by atoms with van der Waals surface area (Å²) in [4.78, 5) is 39.7. The third-order valence-corrected chi connectivity index (χ3v) is 5.93. The zero-order valence-electron chi connectivity index (χ0n) is 20.0. The second-order valence-electron chi connectivity index (χ2n) is 10.2. The summed E-state index contributed by atoms with van der Waals surface area (Å²) >= 11 is 0. The highest BCUT2D eigenvalue weighted by Gasteiger charge is 2.41. The van der Waals surface area contributed by atoms with Gasteiger partial charge in [-0.3, -0.25) is 9.59 Å². The molecule has 0 aliphatic carbocycles. The quantitative estimate of drug-likeness (QED) is 0.476. The Morgan fingerprint density at radius 1 is 1.24 bits per heavy atom. The van der Waals surface area contributed by atoms with E-state index >= 15 is 0 Å². The van der Waals surface area contributed by atoms with Crippen molar-refractivity contribution in [3.05, 3.63) is 36.2 Å². The van der Waals surface area contributed by atoms with Crippen molar-refractivity contribution in [1.29, 1.82) is 0 Å². The van der Waals surface area contributed by atoms with Crippen LogP contribution in [0.5, 0.6) is 5.75 Å². The number of hydrogen-bond acceptors (Lipinski definition) is 7. The number of benzene rings is 1. The lowest BCUT2D eigenvalue weighted by Gasteiger charge is -2.40. The summed E-state index contributed by atoms with van der Waals surface area (Å²) in [6.45, 7) is 8.57. The van der Waals surface area contributed by atoms with Crippen molar-refractivity contribution in [1.82, 2.24) is 15.0 Å². The number of aromatic amines is 1. The molecule has 0 spiro atoms. The summed E-state index contributed by atoms with van der Waals surface area (Å²) in [5, 5.41) is 19.2. The number of nitrogens with one attached hydrogen (secondary N) is 1. The van der Waals surface area contributed by atoms with E-state index in [2.05, 4.69) is 9.97 Å². The van der Waals surface area contributed by atoms with Crippen LogP contribution in [0.15, 0.2) is 30.6 Å². The minimum Gasteiger partial charge on any atom is -0.476 e. The number of carbonyl (C=O) groups excluding carboxylic acids is 2. The van der Waals surface area contributed by atoms with Crippen LogP contribution in [0.3, 0.4) is 0 Å². The van der Waals surface area contributed by atoms with E-state index < -0.39 is 16.9 Å². The maximum Gasteiger partial charge on any atom is 0.270 e. The highest BCUT2D eigenvalue weighted by Crippen LogP contribution is 2.40. The van der Waals surface area contributed by atoms with Crippen LogP contribution in [0.4, 0.5) is 5.69 Å². The number of rotatable bonds is 6. The van der Waals surface area contributed by atoms with Gasteiger partial charge in [0.15, 0.2) is 17.0 Å². The Morgan fingerprint density at radius 3 is 2.59 bits per heavy atom. The van der Waals surface area contributed by atoms with E-state index in [0.29, 0.717) is 39.4 Å². The molecule has 0 atom stereocenters. The molecule has 1 amide bonds. The summed E-state index contributed by atoms with van der Waals surface area (Å²) < 4.78 is 5.95. The van der Waals surface area contributed by atoms with Crippen LogP contribution in [0, 0.1) is 11.3 Å². The third-order valence-electron chi connectivity index (χ3n) is 5.93. The van der Waals surface area contributed by atoms with E-state index in [1.807, 2.05) is 26.8 Å². The van der Waals surface area contributed by atoms with Gasteiger partial charge >= 0.3 is 0 Å². The SMILES string of the molecule is CC(C)(C)C(=O)c1c[nH]c2ncc(-c3ccc4c(c3)N(CC(CO)CO)C(=O)C(C)(C)O4)nc12. The number of aliphatic hydroxyl groups excluding tert-OH is 2. The Balaban J connectivity index is 1.79. The number of Topliss-reactive ketones (excluding diaryl/α,β-unsaturated/α-hetero) is 1. The topological polar surface area (TPSA) is 129 Å². The maximum absolute atomic E-state index is 13.1. The van der Waals surface area contributed by atoms with Crippen molar-refractivity contribution in [2.24, 2.45) is 11.3 Å². The molecule has 0 saturated heterocycles. The Kier molecular flexibility index (Phi) is 5.95. The van der Waals surface area contributed by atoms with Crippen molar-refractivity contribution >= 4 is 28.5 Å². The summed E-state index contributed by atoms with van der Waals surface area (Å²) in [5.74, 6) is -0.282. The molecule has 1 aliphatic rings. The largest absolute Gasteiger partial charge is 0.476 e. The number of nitrogens with zero attached hydrogens (tertiary/aromatic N) is 3. The molecule has 1 aromatic carbocycles. The Morgan fingerprint density at radius 2 is 1.94 bits per heavy atom. The molecular weight excluding hydrogens is 436 g/mol. The molecule has 0 fully saturated rings. The molecule has 1 aliphatic heterocycles. The minimum atomic E-state index is -1.09. The normalized spacial score (nSPS) is 15.5. The zero-order chi connectivity index (χ0) is 24.8. The van der Waals surface area contributed by atoms with Gasteiger partial charge in [-0.15, -0.1) is 0 Å². The summed E-state index contributed by atoms with van der Waals surface area (Å²) in [6.07, 6.45) is 3.24. The number of ketones is 1. The van der Waals surface area contributed by atoms with Gasteiger partial charge in [0.2, 0.25) is 0 Å². The molecule has 3 N–H and O–H groups in total. The summed E-state index contributed by atoms with van der Waals surface area (Å²) in [5.41, 5.74) is 1.58. The molecule has 3 heterocycles. The van der Waals surface area contributed by atoms with Crippen LogP contribution in [0.1, 0.15) is 45.0 Å². The van der Waals surface area contributed by atoms with Crippen LogP contribution >= 0.6 is 0 Å². The van der Waals surface area contributed by atoms with Gasteiger partial charge in [0, 0.05) is 42.9 Å². The summed E-state index contributed by atoms with van der Waals surface area (Å²) in [6, 6.07) is 5.37. The van der Waals surface area contributed by atoms with E-state index in [1.54, 1.807) is 38.4 Å². The van der Waals surface area contributed by atoms with Crippen molar-refractivity contribution in [3.63, 3.8) is 0 Å². The fraction of sp³-hybridized carbons (Fsp3) is 0.440. The second-order valence-corrected chi connectivity index (χ2v) is 10.2. The van der Waals surface area contributed by atoms with Gasteiger partial charge in [-0.25, -0.2) is 9.97 Å². The van der Waals surface area contributed by atoms with Crippen LogP contribution < -0.4 is 9.64 Å². The van der Waals surface area contributed by atoms with E-state index in [-0.39, 0.29) is 31.4 Å². The lowest BCUT2D eigenvalue weighted by Crippen LogP contribution is -2.54. The van der Waals surface area contributed by atoms with Crippen LogP contribution in [-0.2, 0) is 4.79 Å². The standard InChI is InChI=1S/C25H30N4O5/c1-24(2,3)21(32)16-9-26-22-20(16)28-17(10-27-22)15-6-7-19-18(8-15)29(11-14(12-30)13-31)23(33)25(4,5)34-19/h6-10,14,30-31H,11-13H2,1-5H3,(H,26,27). The number of ether oxygens (including phenoxy) is 1. The minimum absolute atomic E-state index is 0.0397. The van der Waals surface area contributed by atoms with Crippen molar-refractivity contribution < 1.29 is 24.5 Å². The average Bonchev–Trinajstić information content (AvgIpc) is 3.21. The van der Waals surface area contributed by atoms with Gasteiger partial charge in [-0.1, -0.05) is 20.8 Å². The third kappa shape index (κ3) is 4.17. The lowest BCUT2D eigenvalue weighted by molar-refractivity contribution is -0.132. The number of aromatic nitrogens is 3. The number of carbonyl (C=O) groups is 2. The van der Waals surface area contributed by atoms with E-state index in [1.165, 1.54) is 4.90 Å². The van der Waals surface area contributed by atoms with Crippen LogP contribution in [-0.4, -0.2) is 62.2 Å². The number of aliphatic hydroxyl groups is 2. The lowest BCUT2D eigenvalue weighted by atomic mass is 9.87. The monoisotopic (exact) mass is 466 g/mol. The van der Waals surface area contributed by atoms with Crippen molar-refractivity contribution in [2.45, 2.75) is 40.2 Å². The average molecular weight is 467 g/mol. The van der Waals surface area contributed by atoms with Gasteiger partial charge in [0.25, 0.3) is 5.91 Å². The highest BCUT2D eigenvalue weighted by atomic mass is 16.5. The predicted octanol–water partition coefficient (Wildman–Crippen LogP) is 2.96. The zero-order valence-corrected chi connectivity index (χ0v) is 20.0. The van der Waals surface area contributed by atoms with Crippen molar-refractivity contribution in [3.8, 4) is 17.0 Å². The fourth-order valence-electron chi connectivity index (χ4n) is 3.95. The number of fused-ring (bicyclic) bond motifs is 2. The Hall–Kier alpha value is -3.30. The van der Waals surface area contributed by atoms with E-state index in [0.717, 1.165) is 0 Å². The molecule has 180 valence electrons. The first-order chi connectivity index (χ1) is 16.0. The first kappa shape index (κ1) is 23.8. The first-order valence-electron chi connectivity index (χ1n) is 11.2. The number of amides is 1. The molecule has 3 aromatic rings. The summed E-state index contributed by atoms with van der Waals surface area (Å²) in [7, 11) is 0. The van der Waals surface area contributed by atoms with Gasteiger partial charge in [0.05, 0.1) is 23.1 Å². The molecule has 0 bridgehead atoms. The molecule has 0 unspecified atom stereocenters. The number of anilines is 1. The molecule has 0 saturated carbocycles. The molecule has 4 rings (SSSR count). The van der Waals surface area contributed by atoms with Gasteiger partial charge < -0.3 is 24.8 Å². The van der Waals surface area contributed by atoms with Crippen LogP contribution in [0.2, 0.25) is 0 Å². The van der Waals surface area contributed by atoms with Crippen LogP contribution in [0.25, 0.3) is 22.4 Å². The fourth-order valence-corrected chi connectivity index (χ4v) is 3.95.